The van der Waals surface area contributed by atoms with Gasteiger partial charge in [0.15, 0.2) is 5.78 Å². The van der Waals surface area contributed by atoms with Crippen LogP contribution in [0.4, 0.5) is 18.9 Å². The number of rotatable bonds is 6. The predicted octanol–water partition coefficient (Wildman–Crippen LogP) is 4.89. The Morgan fingerprint density at radius 3 is 2.41 bits per heavy atom. The molecule has 1 aromatic heterocycles. The number of aromatic nitrogens is 1. The minimum absolute atomic E-state index is 0.0840. The normalized spacial score (nSPS) is 11.4. The average Bonchev–Trinajstić information content (AvgIpc) is 2.87. The lowest BCUT2D eigenvalue weighted by molar-refractivity contribution is -0.137. The van der Waals surface area contributed by atoms with E-state index in [2.05, 4.69) is 10.3 Å². The molecule has 0 radical (unpaired) electrons. The number of aromatic amines is 1. The van der Waals surface area contributed by atoms with E-state index in [1.807, 2.05) is 6.92 Å². The maximum atomic E-state index is 13.0. The molecule has 0 saturated heterocycles. The highest BCUT2D eigenvalue weighted by Crippen LogP contribution is 2.35. The summed E-state index contributed by atoms with van der Waals surface area (Å²) in [5.74, 6) is -0.707. The van der Waals surface area contributed by atoms with Gasteiger partial charge in [0, 0.05) is 11.3 Å². The summed E-state index contributed by atoms with van der Waals surface area (Å²) in [4.78, 5) is 27.2. The Labute approximate surface area is 154 Å². The van der Waals surface area contributed by atoms with E-state index < -0.39 is 17.6 Å². The molecule has 0 atom stereocenters. The first-order valence-corrected chi connectivity index (χ1v) is 8.41. The van der Waals surface area contributed by atoms with E-state index >= 15 is 0 Å². The second-order valence-electron chi connectivity index (χ2n) is 6.19. The molecule has 0 aliphatic rings. The molecule has 1 amide bonds. The third kappa shape index (κ3) is 4.50. The Hall–Kier alpha value is -2.77. The summed E-state index contributed by atoms with van der Waals surface area (Å²) in [5, 5.41) is 2.46. The lowest BCUT2D eigenvalue weighted by atomic mass is 10.1. The van der Waals surface area contributed by atoms with Crippen molar-refractivity contribution in [2.75, 3.05) is 11.9 Å². The number of hydrogen-bond donors (Lipinski definition) is 2. The first kappa shape index (κ1) is 20.5. The summed E-state index contributed by atoms with van der Waals surface area (Å²) in [6, 6.07) is 2.92. The van der Waals surface area contributed by atoms with Gasteiger partial charge in [0.1, 0.15) is 11.4 Å². The Morgan fingerprint density at radius 2 is 1.89 bits per heavy atom. The summed E-state index contributed by atoms with van der Waals surface area (Å²) in [6.45, 7) is 6.80. The molecule has 0 fully saturated rings. The number of alkyl halides is 3. The molecule has 0 aliphatic carbocycles. The van der Waals surface area contributed by atoms with E-state index in [4.69, 9.17) is 4.74 Å². The van der Waals surface area contributed by atoms with Gasteiger partial charge in [0.2, 0.25) is 0 Å². The number of aryl methyl sites for hydroxylation is 1. The molecule has 1 heterocycles. The lowest BCUT2D eigenvalue weighted by Crippen LogP contribution is -2.16. The van der Waals surface area contributed by atoms with Crippen LogP contribution < -0.4 is 10.1 Å². The Morgan fingerprint density at radius 1 is 1.22 bits per heavy atom. The van der Waals surface area contributed by atoms with E-state index in [-0.39, 0.29) is 22.9 Å². The SMILES string of the molecule is CCCOc1ccc(C(F)(F)F)cc1NC(=O)c1[nH]c(C)c(C(C)=O)c1C. The van der Waals surface area contributed by atoms with Gasteiger partial charge < -0.3 is 15.0 Å². The number of Topliss-reactive ketones (excluding diaryl/α,β-unsaturated/α-hetero) is 1. The zero-order valence-corrected chi connectivity index (χ0v) is 15.5. The Bertz CT molecular complexity index is 870. The third-order valence-electron chi connectivity index (χ3n) is 4.03. The van der Waals surface area contributed by atoms with Crippen molar-refractivity contribution >= 4 is 17.4 Å². The molecule has 8 heteroatoms. The van der Waals surface area contributed by atoms with Gasteiger partial charge in [-0.15, -0.1) is 0 Å². The van der Waals surface area contributed by atoms with Crippen molar-refractivity contribution in [2.45, 2.75) is 40.3 Å². The van der Waals surface area contributed by atoms with Crippen LogP contribution >= 0.6 is 0 Å². The minimum Gasteiger partial charge on any atom is -0.491 e. The molecule has 0 spiro atoms. The van der Waals surface area contributed by atoms with Crippen molar-refractivity contribution < 1.29 is 27.5 Å². The van der Waals surface area contributed by atoms with E-state index in [1.165, 1.54) is 13.0 Å². The monoisotopic (exact) mass is 382 g/mol. The molecule has 0 saturated carbocycles. The number of halogens is 3. The smallest absolute Gasteiger partial charge is 0.416 e. The average molecular weight is 382 g/mol. The van der Waals surface area contributed by atoms with E-state index in [0.717, 1.165) is 12.1 Å². The molecule has 27 heavy (non-hydrogen) atoms. The Kier molecular flexibility index (Phi) is 5.98. The van der Waals surface area contributed by atoms with Crippen molar-refractivity contribution in [3.63, 3.8) is 0 Å². The molecule has 5 nitrogen and oxygen atoms in total. The fraction of sp³-hybridized carbons (Fsp3) is 0.368. The van der Waals surface area contributed by atoms with Gasteiger partial charge in [-0.25, -0.2) is 0 Å². The third-order valence-corrected chi connectivity index (χ3v) is 4.03. The van der Waals surface area contributed by atoms with E-state index in [0.29, 0.717) is 29.8 Å². The van der Waals surface area contributed by atoms with Crippen LogP contribution in [0.5, 0.6) is 5.75 Å². The number of H-pyrrole nitrogens is 1. The van der Waals surface area contributed by atoms with E-state index in [9.17, 15) is 22.8 Å². The number of nitrogens with one attached hydrogen (secondary N) is 2. The van der Waals surface area contributed by atoms with Gasteiger partial charge in [-0.1, -0.05) is 6.92 Å². The molecule has 2 aromatic rings. The number of carbonyl (C=O) groups is 2. The van der Waals surface area contributed by atoms with Crippen LogP contribution in [0.1, 0.15) is 57.9 Å². The summed E-state index contributed by atoms with van der Waals surface area (Å²) < 4.78 is 44.5. The number of hydrogen-bond acceptors (Lipinski definition) is 3. The van der Waals surface area contributed by atoms with Gasteiger partial charge in [-0.2, -0.15) is 13.2 Å². The molecule has 0 bridgehead atoms. The maximum Gasteiger partial charge on any atom is 0.416 e. The summed E-state index contributed by atoms with van der Waals surface area (Å²) >= 11 is 0. The number of benzene rings is 1. The number of ether oxygens (including phenoxy) is 1. The van der Waals surface area contributed by atoms with Crippen LogP contribution in [0, 0.1) is 13.8 Å². The fourth-order valence-corrected chi connectivity index (χ4v) is 2.83. The number of ketones is 1. The molecule has 146 valence electrons. The van der Waals surface area contributed by atoms with Gasteiger partial charge in [-0.3, -0.25) is 9.59 Å². The number of carbonyl (C=O) groups excluding carboxylic acids is 2. The van der Waals surface area contributed by atoms with Crippen molar-refractivity contribution in [2.24, 2.45) is 0 Å². The van der Waals surface area contributed by atoms with Crippen LogP contribution in [-0.4, -0.2) is 23.3 Å². The largest absolute Gasteiger partial charge is 0.491 e. The molecule has 0 aliphatic heterocycles. The van der Waals surface area contributed by atoms with Crippen LogP contribution in [0.2, 0.25) is 0 Å². The van der Waals surface area contributed by atoms with Gasteiger partial charge in [-0.05, 0) is 51.0 Å². The molecule has 2 rings (SSSR count). The van der Waals surface area contributed by atoms with Gasteiger partial charge in [0.05, 0.1) is 17.9 Å². The first-order chi connectivity index (χ1) is 12.6. The van der Waals surface area contributed by atoms with Crippen molar-refractivity contribution in [3.05, 3.63) is 46.3 Å². The van der Waals surface area contributed by atoms with Crippen LogP contribution in [0.3, 0.4) is 0 Å². The second-order valence-corrected chi connectivity index (χ2v) is 6.19. The minimum atomic E-state index is -4.55. The molecule has 0 unspecified atom stereocenters. The highest BCUT2D eigenvalue weighted by molar-refractivity contribution is 6.08. The first-order valence-electron chi connectivity index (χ1n) is 8.41. The molecular formula is C19H21F3N2O3. The van der Waals surface area contributed by atoms with Crippen LogP contribution in [0.15, 0.2) is 18.2 Å². The molecular weight excluding hydrogens is 361 g/mol. The lowest BCUT2D eigenvalue weighted by Gasteiger charge is -2.15. The highest BCUT2D eigenvalue weighted by atomic mass is 19.4. The fourth-order valence-electron chi connectivity index (χ4n) is 2.83. The number of amides is 1. The summed E-state index contributed by atoms with van der Waals surface area (Å²) in [7, 11) is 0. The predicted molar refractivity (Wildman–Crippen MR) is 95.5 cm³/mol. The second kappa shape index (κ2) is 7.85. The molecule has 2 N–H and O–H groups in total. The van der Waals surface area contributed by atoms with Crippen molar-refractivity contribution in [3.8, 4) is 5.75 Å². The van der Waals surface area contributed by atoms with Crippen LogP contribution in [-0.2, 0) is 6.18 Å². The topological polar surface area (TPSA) is 71.2 Å². The maximum absolute atomic E-state index is 13.0. The summed E-state index contributed by atoms with van der Waals surface area (Å²) in [6.07, 6.45) is -3.89. The quantitative estimate of drug-likeness (QED) is 0.699. The zero-order valence-electron chi connectivity index (χ0n) is 15.5. The van der Waals surface area contributed by atoms with Gasteiger partial charge >= 0.3 is 6.18 Å². The zero-order chi connectivity index (χ0) is 20.4. The van der Waals surface area contributed by atoms with Gasteiger partial charge in [0.25, 0.3) is 5.91 Å². The van der Waals surface area contributed by atoms with E-state index in [1.54, 1.807) is 13.8 Å². The Balaban J connectivity index is 2.41. The highest BCUT2D eigenvalue weighted by Gasteiger charge is 2.31. The standard InChI is InChI=1S/C19H21F3N2O3/c1-5-8-27-15-7-6-13(19(20,21)22)9-14(15)24-18(26)17-10(2)16(12(4)25)11(3)23-17/h6-7,9,23H,5,8H2,1-4H3,(H,24,26). The summed E-state index contributed by atoms with van der Waals surface area (Å²) in [5.41, 5.74) is 0.505. The van der Waals surface area contributed by atoms with Crippen molar-refractivity contribution in [1.82, 2.24) is 4.98 Å². The van der Waals surface area contributed by atoms with Crippen molar-refractivity contribution in [1.29, 1.82) is 0 Å². The number of anilines is 1. The van der Waals surface area contributed by atoms with Crippen LogP contribution in [0.25, 0.3) is 0 Å². The molecule has 1 aromatic carbocycles.